The van der Waals surface area contributed by atoms with Gasteiger partial charge < -0.3 is 24.6 Å². The van der Waals surface area contributed by atoms with Gasteiger partial charge in [-0.05, 0) is 69.1 Å². The van der Waals surface area contributed by atoms with E-state index in [4.69, 9.17) is 21.3 Å². The molecule has 0 radical (unpaired) electrons. The zero-order chi connectivity index (χ0) is 38.3. The van der Waals surface area contributed by atoms with Gasteiger partial charge in [-0.1, -0.05) is 23.7 Å². The predicted octanol–water partition coefficient (Wildman–Crippen LogP) is 4.84. The van der Waals surface area contributed by atoms with Crippen molar-refractivity contribution in [3.63, 3.8) is 0 Å². The summed E-state index contributed by atoms with van der Waals surface area (Å²) >= 11 is 6.16. The number of halogens is 4. The number of nitrogens with one attached hydrogen (secondary N) is 1. The largest absolute Gasteiger partial charge is 0.504 e. The fraction of sp³-hybridized carbons (Fsp3) is 0.361. The highest BCUT2D eigenvalue weighted by Crippen LogP contribution is 2.48. The van der Waals surface area contributed by atoms with Gasteiger partial charge in [0.25, 0.3) is 11.5 Å². The number of carbonyl (C=O) groups is 2. The van der Waals surface area contributed by atoms with E-state index < -0.39 is 47.4 Å². The number of likely N-dealkylation sites (tertiary alicyclic amines) is 1. The SMILES string of the molecule is Cc1ncnc(C(=O)N2CCC3(CC2)OC(C)c2c3c(=O)n3nc(-c4ccc5c(c4)CN(C)C5)nc3n2CC(=O)Nc2ccc(C(F)(F)F)cc2Cl)c1O. The van der Waals surface area contributed by atoms with E-state index in [0.717, 1.165) is 41.4 Å². The zero-order valence-electron chi connectivity index (χ0n) is 29.2. The highest BCUT2D eigenvalue weighted by atomic mass is 35.5. The van der Waals surface area contributed by atoms with Crippen LogP contribution >= 0.6 is 11.6 Å². The Kier molecular flexibility index (Phi) is 8.50. The maximum Gasteiger partial charge on any atom is 0.416 e. The molecule has 2 amide bonds. The highest BCUT2D eigenvalue weighted by molar-refractivity contribution is 6.33. The molecule has 14 nitrogen and oxygen atoms in total. The molecular weight excluding hydrogens is 731 g/mol. The molecule has 1 fully saturated rings. The van der Waals surface area contributed by atoms with Crippen LogP contribution in [0.1, 0.15) is 70.0 Å². The fourth-order valence-electron chi connectivity index (χ4n) is 7.70. The Morgan fingerprint density at radius 3 is 2.56 bits per heavy atom. The molecule has 3 aliphatic rings. The number of aromatic nitrogens is 6. The molecule has 3 aromatic heterocycles. The third-order valence-electron chi connectivity index (χ3n) is 10.3. The molecule has 0 aliphatic carbocycles. The van der Waals surface area contributed by atoms with Crippen molar-refractivity contribution >= 4 is 34.9 Å². The molecule has 0 saturated carbocycles. The van der Waals surface area contributed by atoms with Gasteiger partial charge in [0, 0.05) is 31.7 Å². The summed E-state index contributed by atoms with van der Waals surface area (Å²) in [5.74, 6) is -1.13. The number of amides is 2. The van der Waals surface area contributed by atoms with E-state index >= 15 is 0 Å². The van der Waals surface area contributed by atoms with Crippen LogP contribution in [0.3, 0.4) is 0 Å². The van der Waals surface area contributed by atoms with Crippen molar-refractivity contribution in [2.45, 2.75) is 64.2 Å². The minimum atomic E-state index is -4.62. The first-order valence-electron chi connectivity index (χ1n) is 17.1. The van der Waals surface area contributed by atoms with E-state index in [1.165, 1.54) is 16.8 Å². The zero-order valence-corrected chi connectivity index (χ0v) is 30.0. The maximum absolute atomic E-state index is 14.5. The predicted molar refractivity (Wildman–Crippen MR) is 188 cm³/mol. The van der Waals surface area contributed by atoms with Crippen molar-refractivity contribution in [3.05, 3.63) is 97.4 Å². The summed E-state index contributed by atoms with van der Waals surface area (Å²) in [4.78, 5) is 58.0. The van der Waals surface area contributed by atoms with E-state index in [-0.39, 0.29) is 70.9 Å². The summed E-state index contributed by atoms with van der Waals surface area (Å²) in [7, 11) is 2.01. The molecule has 280 valence electrons. The van der Waals surface area contributed by atoms with Crippen LogP contribution in [-0.4, -0.2) is 76.0 Å². The molecule has 2 N–H and O–H groups in total. The Morgan fingerprint density at radius 1 is 1.09 bits per heavy atom. The van der Waals surface area contributed by atoms with Crippen LogP contribution in [0.4, 0.5) is 18.9 Å². The fourth-order valence-corrected chi connectivity index (χ4v) is 7.93. The number of nitrogens with zero attached hydrogens (tertiary/aromatic N) is 8. The van der Waals surface area contributed by atoms with Crippen LogP contribution in [0, 0.1) is 6.92 Å². The number of rotatable bonds is 5. The summed E-state index contributed by atoms with van der Waals surface area (Å²) < 4.78 is 49.1. The van der Waals surface area contributed by atoms with Gasteiger partial charge >= 0.3 is 6.18 Å². The molecule has 1 saturated heterocycles. The van der Waals surface area contributed by atoms with Crippen LogP contribution in [0.15, 0.2) is 47.5 Å². The van der Waals surface area contributed by atoms with E-state index in [9.17, 15) is 32.7 Å². The Hall–Kier alpha value is -5.39. The first-order valence-corrected chi connectivity index (χ1v) is 17.5. The second-order valence-electron chi connectivity index (χ2n) is 13.9. The summed E-state index contributed by atoms with van der Waals surface area (Å²) in [6.45, 7) is 4.74. The average Bonchev–Trinajstić information content (AvgIpc) is 3.81. The number of hydrogen-bond acceptors (Lipinski definition) is 10. The van der Waals surface area contributed by atoms with Crippen LogP contribution in [0.25, 0.3) is 17.2 Å². The lowest BCUT2D eigenvalue weighted by molar-refractivity contribution is -0.137. The van der Waals surface area contributed by atoms with Crippen molar-refractivity contribution in [3.8, 4) is 17.1 Å². The summed E-state index contributed by atoms with van der Waals surface area (Å²) in [6.07, 6.45) is -3.73. The number of piperidine rings is 1. The Bertz CT molecular complexity index is 2440. The van der Waals surface area contributed by atoms with Gasteiger partial charge in [-0.3, -0.25) is 19.3 Å². The van der Waals surface area contributed by atoms with E-state index in [0.29, 0.717) is 11.3 Å². The molecule has 1 atom stereocenters. The van der Waals surface area contributed by atoms with Crippen molar-refractivity contribution in [1.29, 1.82) is 0 Å². The minimum Gasteiger partial charge on any atom is -0.504 e. The normalized spacial score (nSPS) is 18.0. The topological polar surface area (TPSA) is 160 Å². The van der Waals surface area contributed by atoms with Gasteiger partial charge in [-0.2, -0.15) is 22.7 Å². The summed E-state index contributed by atoms with van der Waals surface area (Å²) in [6, 6.07) is 8.48. The molecule has 3 aliphatic heterocycles. The van der Waals surface area contributed by atoms with Gasteiger partial charge in [0.2, 0.25) is 11.7 Å². The Balaban J connectivity index is 1.19. The molecule has 0 bridgehead atoms. The summed E-state index contributed by atoms with van der Waals surface area (Å²) in [5, 5.41) is 17.4. The van der Waals surface area contributed by atoms with Crippen LogP contribution in [0.2, 0.25) is 5.02 Å². The molecule has 2 aromatic carbocycles. The molecule has 5 aromatic rings. The second-order valence-corrected chi connectivity index (χ2v) is 14.3. The summed E-state index contributed by atoms with van der Waals surface area (Å²) in [5.41, 5.74) is 1.08. The Labute approximate surface area is 310 Å². The van der Waals surface area contributed by atoms with E-state index in [1.807, 2.05) is 25.2 Å². The van der Waals surface area contributed by atoms with Crippen molar-refractivity contribution in [1.82, 2.24) is 38.9 Å². The number of aryl methyl sites for hydroxylation is 1. The standard InChI is InChI=1S/C36H33ClF3N9O5/c1-18-30(51)28(42-17-41-18)33(53)47-10-8-35(9-11-47)27-29(19(2)54-35)48(16-26(50)43-25-7-6-23(13-24(25)37)36(38,39)40)34-44-31(45-49(34)32(27)52)20-4-5-21-14-46(3)15-22(21)12-20/h4-7,12-13,17,19,51H,8-11,14-16H2,1-3H3,(H,43,50). The van der Waals surface area contributed by atoms with E-state index in [1.54, 1.807) is 18.4 Å². The quantitative estimate of drug-likeness (QED) is 0.254. The number of benzene rings is 2. The molecule has 18 heteroatoms. The van der Waals surface area contributed by atoms with Crippen molar-refractivity contribution in [2.24, 2.45) is 0 Å². The Morgan fingerprint density at radius 2 is 1.83 bits per heavy atom. The molecule has 6 heterocycles. The van der Waals surface area contributed by atoms with Crippen LogP contribution in [-0.2, 0) is 40.9 Å². The lowest BCUT2D eigenvalue weighted by Gasteiger charge is -2.39. The van der Waals surface area contributed by atoms with Gasteiger partial charge in [0.15, 0.2) is 17.3 Å². The number of fused-ring (bicyclic) bond motifs is 4. The number of anilines is 1. The van der Waals surface area contributed by atoms with Gasteiger partial charge in [0.05, 0.1) is 39.3 Å². The molecule has 8 rings (SSSR count). The smallest absolute Gasteiger partial charge is 0.416 e. The molecule has 1 spiro atoms. The highest BCUT2D eigenvalue weighted by Gasteiger charge is 2.50. The number of carbonyl (C=O) groups excluding carboxylic acids is 2. The van der Waals surface area contributed by atoms with E-state index in [2.05, 4.69) is 25.3 Å². The van der Waals surface area contributed by atoms with Crippen molar-refractivity contribution in [2.75, 3.05) is 25.5 Å². The maximum atomic E-state index is 14.5. The van der Waals surface area contributed by atoms with Gasteiger partial charge in [-0.15, -0.1) is 5.10 Å². The number of hydrogen-bond donors (Lipinski definition) is 2. The first kappa shape index (κ1) is 35.6. The lowest BCUT2D eigenvalue weighted by Crippen LogP contribution is -2.47. The molecular formula is C36H33ClF3N9O5. The van der Waals surface area contributed by atoms with Gasteiger partial charge in [0.1, 0.15) is 18.5 Å². The van der Waals surface area contributed by atoms with Crippen LogP contribution in [0.5, 0.6) is 5.75 Å². The second kappa shape index (κ2) is 12.9. The third kappa shape index (κ3) is 5.95. The van der Waals surface area contributed by atoms with Crippen molar-refractivity contribution < 1.29 is 32.6 Å². The molecule has 54 heavy (non-hydrogen) atoms. The number of aromatic hydroxyl groups is 1. The number of ether oxygens (including phenoxy) is 1. The number of alkyl halides is 3. The monoisotopic (exact) mass is 763 g/mol. The average molecular weight is 764 g/mol. The third-order valence-corrected chi connectivity index (χ3v) is 10.6. The molecule has 1 unspecified atom stereocenters. The van der Waals surface area contributed by atoms with Gasteiger partial charge in [-0.25, -0.2) is 9.97 Å². The lowest BCUT2D eigenvalue weighted by atomic mass is 9.85. The first-order chi connectivity index (χ1) is 25.6. The van der Waals surface area contributed by atoms with Crippen LogP contribution < -0.4 is 10.9 Å². The minimum absolute atomic E-state index is 0.0311.